The number of anilines is 1. The molecule has 0 unspecified atom stereocenters. The van der Waals surface area contributed by atoms with Crippen LogP contribution in [-0.4, -0.2) is 30.2 Å². The molecule has 0 atom stereocenters. The van der Waals surface area contributed by atoms with Crippen molar-refractivity contribution >= 4 is 17.7 Å². The Morgan fingerprint density at radius 1 is 1.37 bits per heavy atom. The highest BCUT2D eigenvalue weighted by Crippen LogP contribution is 2.53. The Hall–Kier alpha value is -2.04. The first-order valence-electron chi connectivity index (χ1n) is 6.49. The Morgan fingerprint density at radius 3 is 2.68 bits per heavy atom. The molecule has 0 aromatic heterocycles. The highest BCUT2D eigenvalue weighted by atomic mass is 16.4. The zero-order valence-corrected chi connectivity index (χ0v) is 10.6. The monoisotopic (exact) mass is 260 g/mol. The average molecular weight is 260 g/mol. The van der Waals surface area contributed by atoms with Crippen LogP contribution in [0.25, 0.3) is 0 Å². The number of carboxylic acid groups (broad SMARTS) is 1. The fourth-order valence-electron chi connectivity index (χ4n) is 2.84. The van der Waals surface area contributed by atoms with Gasteiger partial charge in [-0.15, -0.1) is 0 Å². The summed E-state index contributed by atoms with van der Waals surface area (Å²) in [7, 11) is 0. The van der Waals surface area contributed by atoms with Crippen LogP contribution in [0, 0.1) is 0 Å². The lowest BCUT2D eigenvalue weighted by Gasteiger charge is -2.23. The number of carbonyl (C=O) groups excluding carboxylic acids is 1. The maximum Gasteiger partial charge on any atom is 0.322 e. The summed E-state index contributed by atoms with van der Waals surface area (Å²) < 4.78 is 0. The van der Waals surface area contributed by atoms with Gasteiger partial charge in [-0.05, 0) is 24.5 Å². The second kappa shape index (κ2) is 4.26. The summed E-state index contributed by atoms with van der Waals surface area (Å²) in [5, 5.41) is 11.8. The number of hydrogen-bond donors (Lipinski definition) is 2. The van der Waals surface area contributed by atoms with Crippen molar-refractivity contribution in [2.45, 2.75) is 24.7 Å². The number of rotatable bonds is 4. The highest BCUT2D eigenvalue weighted by Gasteiger charge is 2.48. The number of urea groups is 1. The SMILES string of the molecule is O=C(O)CC1(c2ccccc2N2CCNC2=O)CC1. The predicted molar refractivity (Wildman–Crippen MR) is 70.4 cm³/mol. The fourth-order valence-corrected chi connectivity index (χ4v) is 2.84. The van der Waals surface area contributed by atoms with Crippen LogP contribution in [0.1, 0.15) is 24.8 Å². The molecule has 1 saturated heterocycles. The first-order valence-corrected chi connectivity index (χ1v) is 6.49. The van der Waals surface area contributed by atoms with Crippen LogP contribution in [0.5, 0.6) is 0 Å². The minimum Gasteiger partial charge on any atom is -0.481 e. The average Bonchev–Trinajstić information content (AvgIpc) is 3.02. The Morgan fingerprint density at radius 2 is 2.11 bits per heavy atom. The van der Waals surface area contributed by atoms with Gasteiger partial charge in [0.15, 0.2) is 0 Å². The Kier molecular flexibility index (Phi) is 2.69. The maximum atomic E-state index is 11.8. The molecule has 1 aromatic rings. The minimum absolute atomic E-state index is 0.0985. The van der Waals surface area contributed by atoms with Gasteiger partial charge in [0.2, 0.25) is 0 Å². The molecule has 0 radical (unpaired) electrons. The first kappa shape index (κ1) is 12.0. The smallest absolute Gasteiger partial charge is 0.322 e. The molecule has 19 heavy (non-hydrogen) atoms. The van der Waals surface area contributed by atoms with E-state index in [-0.39, 0.29) is 17.9 Å². The molecule has 1 aliphatic carbocycles. The summed E-state index contributed by atoms with van der Waals surface area (Å²) in [6.07, 6.45) is 1.90. The number of nitrogens with one attached hydrogen (secondary N) is 1. The number of para-hydroxylation sites is 1. The van der Waals surface area contributed by atoms with E-state index in [1.54, 1.807) is 4.90 Å². The summed E-state index contributed by atoms with van der Waals surface area (Å²) in [5.41, 5.74) is 1.58. The molecule has 1 aliphatic heterocycles. The van der Waals surface area contributed by atoms with Gasteiger partial charge in [0.1, 0.15) is 0 Å². The van der Waals surface area contributed by atoms with Crippen molar-refractivity contribution in [1.82, 2.24) is 5.32 Å². The summed E-state index contributed by atoms with van der Waals surface area (Å²) in [4.78, 5) is 24.5. The van der Waals surface area contributed by atoms with Crippen LogP contribution in [0.4, 0.5) is 10.5 Å². The van der Waals surface area contributed by atoms with Crippen molar-refractivity contribution in [3.63, 3.8) is 0 Å². The molecular formula is C14H16N2O3. The molecule has 2 amide bonds. The summed E-state index contributed by atoms with van der Waals surface area (Å²) >= 11 is 0. The largest absolute Gasteiger partial charge is 0.481 e. The lowest BCUT2D eigenvalue weighted by molar-refractivity contribution is -0.137. The molecule has 2 fully saturated rings. The van der Waals surface area contributed by atoms with Gasteiger partial charge >= 0.3 is 12.0 Å². The molecule has 1 saturated carbocycles. The molecule has 0 bridgehead atoms. The molecule has 1 heterocycles. The number of hydrogen-bond acceptors (Lipinski definition) is 2. The van der Waals surface area contributed by atoms with Gasteiger partial charge in [0.25, 0.3) is 0 Å². The molecule has 5 heteroatoms. The quantitative estimate of drug-likeness (QED) is 0.866. The third-order valence-corrected chi connectivity index (χ3v) is 3.97. The lowest BCUT2D eigenvalue weighted by Crippen LogP contribution is -2.30. The molecule has 0 spiro atoms. The van der Waals surface area contributed by atoms with E-state index in [9.17, 15) is 9.59 Å². The minimum atomic E-state index is -0.779. The van der Waals surface area contributed by atoms with Gasteiger partial charge in [0, 0.05) is 24.2 Å². The van der Waals surface area contributed by atoms with E-state index in [1.807, 2.05) is 24.3 Å². The summed E-state index contributed by atoms with van der Waals surface area (Å²) in [6, 6.07) is 7.56. The van der Waals surface area contributed by atoms with E-state index >= 15 is 0 Å². The van der Waals surface area contributed by atoms with Crippen LogP contribution in [0.2, 0.25) is 0 Å². The van der Waals surface area contributed by atoms with Gasteiger partial charge in [-0.3, -0.25) is 9.69 Å². The van der Waals surface area contributed by atoms with Crippen LogP contribution in [-0.2, 0) is 10.2 Å². The number of benzene rings is 1. The second-order valence-electron chi connectivity index (χ2n) is 5.25. The molecule has 2 aliphatic rings. The number of carboxylic acids is 1. The van der Waals surface area contributed by atoms with Crippen molar-refractivity contribution in [3.05, 3.63) is 29.8 Å². The van der Waals surface area contributed by atoms with Gasteiger partial charge in [-0.1, -0.05) is 18.2 Å². The third kappa shape index (κ3) is 2.05. The maximum absolute atomic E-state index is 11.8. The van der Waals surface area contributed by atoms with Gasteiger partial charge < -0.3 is 10.4 Å². The van der Waals surface area contributed by atoms with E-state index < -0.39 is 5.97 Å². The fraction of sp³-hybridized carbons (Fsp3) is 0.429. The van der Waals surface area contributed by atoms with Crippen LogP contribution >= 0.6 is 0 Å². The van der Waals surface area contributed by atoms with Crippen molar-refractivity contribution in [1.29, 1.82) is 0 Å². The predicted octanol–water partition coefficient (Wildman–Crippen LogP) is 1.72. The molecular weight excluding hydrogens is 244 g/mol. The highest BCUT2D eigenvalue weighted by molar-refractivity contribution is 5.95. The van der Waals surface area contributed by atoms with E-state index in [2.05, 4.69) is 5.32 Å². The number of amides is 2. The summed E-state index contributed by atoms with van der Waals surface area (Å²) in [6.45, 7) is 1.28. The first-order chi connectivity index (χ1) is 9.12. The molecule has 2 N–H and O–H groups in total. The third-order valence-electron chi connectivity index (χ3n) is 3.97. The number of aliphatic carboxylic acids is 1. The summed E-state index contributed by atoms with van der Waals surface area (Å²) in [5.74, 6) is -0.779. The topological polar surface area (TPSA) is 69.6 Å². The Labute approximate surface area is 111 Å². The number of nitrogens with zero attached hydrogens (tertiary/aromatic N) is 1. The van der Waals surface area contributed by atoms with Crippen molar-refractivity contribution < 1.29 is 14.7 Å². The Bertz CT molecular complexity index is 537. The van der Waals surface area contributed by atoms with E-state index in [1.165, 1.54) is 0 Å². The van der Waals surface area contributed by atoms with E-state index in [4.69, 9.17) is 5.11 Å². The number of carbonyl (C=O) groups is 2. The van der Waals surface area contributed by atoms with Crippen LogP contribution in [0.3, 0.4) is 0 Å². The van der Waals surface area contributed by atoms with Gasteiger partial charge in [-0.2, -0.15) is 0 Å². The van der Waals surface area contributed by atoms with Crippen molar-refractivity contribution in [2.24, 2.45) is 0 Å². The normalized spacial score (nSPS) is 20.2. The molecule has 5 nitrogen and oxygen atoms in total. The second-order valence-corrected chi connectivity index (χ2v) is 5.25. The van der Waals surface area contributed by atoms with E-state index in [0.717, 1.165) is 24.1 Å². The molecule has 3 rings (SSSR count). The Balaban J connectivity index is 1.98. The van der Waals surface area contributed by atoms with Crippen molar-refractivity contribution in [2.75, 3.05) is 18.0 Å². The standard InChI is InChI=1S/C14H16N2O3/c17-12(18)9-14(5-6-14)10-3-1-2-4-11(10)16-8-7-15-13(16)19/h1-4H,5-9H2,(H,15,19)(H,17,18). The zero-order valence-electron chi connectivity index (χ0n) is 10.6. The van der Waals surface area contributed by atoms with Crippen molar-refractivity contribution in [3.8, 4) is 0 Å². The van der Waals surface area contributed by atoms with Gasteiger partial charge in [-0.25, -0.2) is 4.79 Å². The molecule has 1 aromatic carbocycles. The molecule has 100 valence electrons. The van der Waals surface area contributed by atoms with Crippen LogP contribution < -0.4 is 10.2 Å². The van der Waals surface area contributed by atoms with Gasteiger partial charge in [0.05, 0.1) is 6.42 Å². The van der Waals surface area contributed by atoms with Crippen LogP contribution in [0.15, 0.2) is 24.3 Å². The lowest BCUT2D eigenvalue weighted by atomic mass is 9.90. The van der Waals surface area contributed by atoms with E-state index in [0.29, 0.717) is 13.1 Å². The zero-order chi connectivity index (χ0) is 13.5.